The van der Waals surface area contributed by atoms with Crippen LogP contribution in [0.3, 0.4) is 0 Å². The van der Waals surface area contributed by atoms with E-state index in [4.69, 9.17) is 4.74 Å². The zero-order valence-corrected chi connectivity index (χ0v) is 17.3. The Balaban J connectivity index is 1.57. The molecule has 2 amide bonds. The van der Waals surface area contributed by atoms with Gasteiger partial charge in [-0.2, -0.15) is 0 Å². The summed E-state index contributed by atoms with van der Waals surface area (Å²) >= 11 is 0. The number of aryl methyl sites for hydroxylation is 2. The number of anilines is 1. The van der Waals surface area contributed by atoms with Crippen molar-refractivity contribution in [2.75, 3.05) is 4.90 Å². The quantitative estimate of drug-likeness (QED) is 0.257. The van der Waals surface area contributed by atoms with Crippen LogP contribution < -0.4 is 4.90 Å². The van der Waals surface area contributed by atoms with Gasteiger partial charge in [-0.15, -0.1) is 0 Å². The number of hydrogen-bond acceptors (Lipinski definition) is 6. The number of esters is 1. The van der Waals surface area contributed by atoms with Crippen molar-refractivity contribution in [2.24, 2.45) is 0 Å². The van der Waals surface area contributed by atoms with E-state index in [0.29, 0.717) is 5.69 Å². The van der Waals surface area contributed by atoms with Crippen molar-refractivity contribution >= 4 is 29.2 Å². The molecule has 1 heterocycles. The average molecular weight is 430 g/mol. The van der Waals surface area contributed by atoms with Crippen LogP contribution in [0.2, 0.25) is 0 Å². The van der Waals surface area contributed by atoms with E-state index in [2.05, 4.69) is 0 Å². The molecular weight excluding hydrogens is 412 g/mol. The molecule has 0 aliphatic carbocycles. The minimum Gasteiger partial charge on any atom is -0.457 e. The number of carbonyl (C=O) groups is 3. The number of rotatable bonds is 5. The van der Waals surface area contributed by atoms with Crippen molar-refractivity contribution in [2.45, 2.75) is 20.5 Å². The highest BCUT2D eigenvalue weighted by molar-refractivity contribution is 6.34. The Labute approximate surface area is 183 Å². The Kier molecular flexibility index (Phi) is 5.28. The molecule has 0 fully saturated rings. The molecule has 3 aromatic rings. The summed E-state index contributed by atoms with van der Waals surface area (Å²) in [5.41, 5.74) is 2.75. The number of ether oxygens (including phenoxy) is 1. The van der Waals surface area contributed by atoms with E-state index in [1.54, 1.807) is 12.1 Å². The van der Waals surface area contributed by atoms with Crippen molar-refractivity contribution in [1.82, 2.24) is 0 Å². The Morgan fingerprint density at radius 1 is 0.969 bits per heavy atom. The summed E-state index contributed by atoms with van der Waals surface area (Å²) in [5, 5.41) is 11.1. The van der Waals surface area contributed by atoms with Gasteiger partial charge in [0, 0.05) is 6.07 Å². The largest absolute Gasteiger partial charge is 0.457 e. The van der Waals surface area contributed by atoms with E-state index in [9.17, 15) is 24.5 Å². The highest BCUT2D eigenvalue weighted by Gasteiger charge is 2.38. The number of nitro groups is 1. The van der Waals surface area contributed by atoms with E-state index in [1.807, 2.05) is 26.0 Å². The third-order valence-electron chi connectivity index (χ3n) is 5.26. The maximum Gasteiger partial charge on any atom is 0.338 e. The lowest BCUT2D eigenvalue weighted by molar-refractivity contribution is -0.385. The number of nitro benzene ring substituents is 1. The van der Waals surface area contributed by atoms with Gasteiger partial charge in [0.05, 0.1) is 32.9 Å². The van der Waals surface area contributed by atoms with Gasteiger partial charge in [0.1, 0.15) is 6.61 Å². The normalized spacial score (nSPS) is 12.6. The Morgan fingerprint density at radius 2 is 1.69 bits per heavy atom. The first kappa shape index (κ1) is 20.9. The molecule has 0 saturated heterocycles. The lowest BCUT2D eigenvalue weighted by atomic mass is 10.1. The number of para-hydroxylation sites is 1. The van der Waals surface area contributed by atoms with Crippen LogP contribution in [0.1, 0.15) is 47.8 Å². The molecular formula is C24H18N2O6. The summed E-state index contributed by atoms with van der Waals surface area (Å²) in [6.07, 6.45) is 0. The number of nitrogens with zero attached hydrogens (tertiary/aromatic N) is 2. The van der Waals surface area contributed by atoms with Crippen LogP contribution >= 0.6 is 0 Å². The molecule has 0 spiro atoms. The topological polar surface area (TPSA) is 107 Å². The zero-order chi connectivity index (χ0) is 23.0. The number of hydrogen-bond donors (Lipinski definition) is 0. The van der Waals surface area contributed by atoms with Gasteiger partial charge in [0.15, 0.2) is 0 Å². The van der Waals surface area contributed by atoms with Crippen molar-refractivity contribution < 1.29 is 24.0 Å². The molecule has 1 aliphatic heterocycles. The molecule has 8 nitrogen and oxygen atoms in total. The SMILES string of the molecule is Cc1ccc(N2C(=O)c3ccc(C(=O)OCc4ccccc4[N+](=O)[O-])cc3C2=O)c(C)c1. The molecule has 32 heavy (non-hydrogen) atoms. The van der Waals surface area contributed by atoms with Crippen LogP contribution in [0.25, 0.3) is 0 Å². The third-order valence-corrected chi connectivity index (χ3v) is 5.26. The van der Waals surface area contributed by atoms with E-state index >= 15 is 0 Å². The molecule has 0 unspecified atom stereocenters. The monoisotopic (exact) mass is 430 g/mol. The number of benzene rings is 3. The highest BCUT2D eigenvalue weighted by Crippen LogP contribution is 2.31. The third kappa shape index (κ3) is 3.62. The molecule has 0 radical (unpaired) electrons. The van der Waals surface area contributed by atoms with Crippen molar-refractivity contribution in [3.63, 3.8) is 0 Å². The predicted octanol–water partition coefficient (Wildman–Crippen LogP) is 4.37. The predicted molar refractivity (Wildman–Crippen MR) is 116 cm³/mol. The average Bonchev–Trinajstić information content (AvgIpc) is 3.02. The molecule has 0 bridgehead atoms. The Hall–Kier alpha value is -4.33. The van der Waals surface area contributed by atoms with Crippen LogP contribution in [0.15, 0.2) is 60.7 Å². The zero-order valence-electron chi connectivity index (χ0n) is 17.3. The first-order valence-electron chi connectivity index (χ1n) is 9.77. The Bertz CT molecular complexity index is 1300. The first-order valence-corrected chi connectivity index (χ1v) is 9.77. The standard InChI is InChI=1S/C24H18N2O6/c1-14-7-10-20(15(2)11-14)25-22(27)18-9-8-16(12-19(18)23(25)28)24(29)32-13-17-5-3-4-6-21(17)26(30)31/h3-12H,13H2,1-2H3. The van der Waals surface area contributed by atoms with Gasteiger partial charge in [0.25, 0.3) is 17.5 Å². The Morgan fingerprint density at radius 3 is 2.41 bits per heavy atom. The first-order chi connectivity index (χ1) is 15.3. The highest BCUT2D eigenvalue weighted by atomic mass is 16.6. The summed E-state index contributed by atoms with van der Waals surface area (Å²) in [6.45, 7) is 3.44. The van der Waals surface area contributed by atoms with E-state index in [0.717, 1.165) is 16.0 Å². The lowest BCUT2D eigenvalue weighted by Crippen LogP contribution is -2.30. The minimum atomic E-state index is -0.754. The fourth-order valence-electron chi connectivity index (χ4n) is 3.68. The maximum atomic E-state index is 13.0. The van der Waals surface area contributed by atoms with Crippen LogP contribution in [0.4, 0.5) is 11.4 Å². The van der Waals surface area contributed by atoms with Gasteiger partial charge < -0.3 is 4.74 Å². The van der Waals surface area contributed by atoms with Crippen LogP contribution in [-0.4, -0.2) is 22.7 Å². The number of amides is 2. The number of imide groups is 1. The molecule has 0 saturated carbocycles. The fourth-order valence-corrected chi connectivity index (χ4v) is 3.68. The van der Waals surface area contributed by atoms with Gasteiger partial charge in [-0.1, -0.05) is 29.8 Å². The second-order valence-electron chi connectivity index (χ2n) is 7.46. The molecule has 3 aromatic carbocycles. The summed E-state index contributed by atoms with van der Waals surface area (Å²) < 4.78 is 5.22. The molecule has 0 aromatic heterocycles. The van der Waals surface area contributed by atoms with Crippen molar-refractivity contribution in [3.8, 4) is 0 Å². The number of carbonyl (C=O) groups excluding carboxylic acids is 3. The van der Waals surface area contributed by atoms with Crippen molar-refractivity contribution in [1.29, 1.82) is 0 Å². The summed E-state index contributed by atoms with van der Waals surface area (Å²) in [7, 11) is 0. The maximum absolute atomic E-state index is 13.0. The molecule has 160 valence electrons. The van der Waals surface area contributed by atoms with E-state index in [-0.39, 0.29) is 34.5 Å². The molecule has 1 aliphatic rings. The van der Waals surface area contributed by atoms with Crippen LogP contribution in [-0.2, 0) is 11.3 Å². The molecule has 0 atom stereocenters. The fraction of sp³-hybridized carbons (Fsp3) is 0.125. The second kappa shape index (κ2) is 8.07. The number of fused-ring (bicyclic) bond motifs is 1. The van der Waals surface area contributed by atoms with Gasteiger partial charge >= 0.3 is 5.97 Å². The summed E-state index contributed by atoms with van der Waals surface area (Å²) in [5.74, 6) is -1.74. The second-order valence-corrected chi connectivity index (χ2v) is 7.46. The van der Waals surface area contributed by atoms with Gasteiger partial charge in [-0.3, -0.25) is 19.7 Å². The smallest absolute Gasteiger partial charge is 0.338 e. The van der Waals surface area contributed by atoms with Gasteiger partial charge in [0.2, 0.25) is 0 Å². The molecule has 0 N–H and O–H groups in total. The summed E-state index contributed by atoms with van der Waals surface area (Å²) in [6, 6.07) is 15.5. The van der Waals surface area contributed by atoms with Crippen LogP contribution in [0, 0.1) is 24.0 Å². The minimum absolute atomic E-state index is 0.0750. The molecule has 8 heteroatoms. The van der Waals surface area contributed by atoms with Crippen molar-refractivity contribution in [3.05, 3.63) is 104 Å². The van der Waals surface area contributed by atoms with Gasteiger partial charge in [-0.25, -0.2) is 9.69 Å². The lowest BCUT2D eigenvalue weighted by Gasteiger charge is -2.16. The van der Waals surface area contributed by atoms with E-state index in [1.165, 1.54) is 36.4 Å². The van der Waals surface area contributed by atoms with Gasteiger partial charge in [-0.05, 0) is 49.7 Å². The molecule has 4 rings (SSSR count). The van der Waals surface area contributed by atoms with E-state index < -0.39 is 22.7 Å². The summed E-state index contributed by atoms with van der Waals surface area (Å²) in [4.78, 5) is 50.0. The van der Waals surface area contributed by atoms with Crippen LogP contribution in [0.5, 0.6) is 0 Å².